The summed E-state index contributed by atoms with van der Waals surface area (Å²) in [6.45, 7) is 6.03. The summed E-state index contributed by atoms with van der Waals surface area (Å²) in [5.74, 6) is 0.310. The van der Waals surface area contributed by atoms with Crippen LogP contribution in [-0.2, 0) is 18.6 Å². The molecule has 5 nitrogen and oxygen atoms in total. The second-order valence-corrected chi connectivity index (χ2v) is 6.58. The van der Waals surface area contributed by atoms with E-state index in [9.17, 15) is 9.46 Å². The molecule has 6 heteroatoms. The van der Waals surface area contributed by atoms with Gasteiger partial charge in [0.25, 0.3) is 0 Å². The van der Waals surface area contributed by atoms with Crippen LogP contribution in [0.4, 0.5) is 0 Å². The topological polar surface area (TPSA) is 65.0 Å². The molecule has 96 valence electrons. The molecule has 16 heavy (non-hydrogen) atoms. The fourth-order valence-electron chi connectivity index (χ4n) is 2.20. The van der Waals surface area contributed by atoms with Crippen LogP contribution in [0.3, 0.4) is 0 Å². The van der Waals surface area contributed by atoms with E-state index in [1.54, 1.807) is 14.0 Å². The minimum absolute atomic E-state index is 0.297. The molecule has 4 atom stereocenters. The lowest BCUT2D eigenvalue weighted by atomic mass is 9.86. The molecule has 0 amide bonds. The summed E-state index contributed by atoms with van der Waals surface area (Å²) in [7, 11) is -1.95. The molecule has 0 aromatic carbocycles. The van der Waals surface area contributed by atoms with Crippen molar-refractivity contribution in [3.8, 4) is 0 Å². The molecule has 0 aliphatic carbocycles. The monoisotopic (exact) mass is 252 g/mol. The van der Waals surface area contributed by atoms with E-state index < -0.39 is 13.2 Å². The number of methoxy groups -OCH3 is 1. The first kappa shape index (κ1) is 14.1. The van der Waals surface area contributed by atoms with E-state index in [2.05, 4.69) is 0 Å². The van der Waals surface area contributed by atoms with E-state index in [0.29, 0.717) is 25.6 Å². The van der Waals surface area contributed by atoms with Gasteiger partial charge in [0, 0.05) is 20.4 Å². The zero-order valence-corrected chi connectivity index (χ0v) is 11.2. The van der Waals surface area contributed by atoms with Crippen LogP contribution in [0.25, 0.3) is 0 Å². The van der Waals surface area contributed by atoms with Crippen molar-refractivity contribution in [2.75, 3.05) is 27.0 Å². The van der Waals surface area contributed by atoms with E-state index in [0.717, 1.165) is 0 Å². The number of ether oxygens (including phenoxy) is 2. The van der Waals surface area contributed by atoms with Gasteiger partial charge in [0.05, 0.1) is 6.61 Å². The summed E-state index contributed by atoms with van der Waals surface area (Å²) in [4.78, 5) is 9.34. The summed E-state index contributed by atoms with van der Waals surface area (Å²) in [5, 5.41) is 0. The maximum atomic E-state index is 11.4. The van der Waals surface area contributed by atoms with Crippen molar-refractivity contribution in [3.63, 3.8) is 0 Å². The zero-order valence-electron chi connectivity index (χ0n) is 10.3. The second-order valence-electron chi connectivity index (χ2n) is 4.79. The Morgan fingerprint density at radius 2 is 2.25 bits per heavy atom. The van der Waals surface area contributed by atoms with Crippen LogP contribution in [0.15, 0.2) is 0 Å². The first-order valence-corrected chi connectivity index (χ1v) is 7.41. The van der Waals surface area contributed by atoms with Gasteiger partial charge in [-0.3, -0.25) is 9.09 Å². The summed E-state index contributed by atoms with van der Waals surface area (Å²) in [6, 6.07) is 0. The molecule has 1 fully saturated rings. The van der Waals surface area contributed by atoms with Crippen molar-refractivity contribution < 1.29 is 23.5 Å². The summed E-state index contributed by atoms with van der Waals surface area (Å²) in [6.07, 6.45) is 0.397. The van der Waals surface area contributed by atoms with Gasteiger partial charge in [-0.15, -0.1) is 0 Å². The molecule has 0 radical (unpaired) electrons. The highest BCUT2D eigenvalue weighted by atomic mass is 31.2. The Labute approximate surface area is 96.6 Å². The quantitative estimate of drug-likeness (QED) is 0.771. The maximum absolute atomic E-state index is 11.4. The third-order valence-electron chi connectivity index (χ3n) is 2.71. The van der Waals surface area contributed by atoms with Crippen LogP contribution >= 0.6 is 7.60 Å². The summed E-state index contributed by atoms with van der Waals surface area (Å²) >= 11 is 0. The first-order valence-electron chi connectivity index (χ1n) is 5.38. The minimum atomic E-state index is -3.52. The SMILES string of the molecule is COC[C@H]1OC[C@@H](C)C[C@@]1(C)OP(C)(=O)O. The normalized spacial score (nSPS) is 39.3. The number of hydrogen-bond acceptors (Lipinski definition) is 4. The van der Waals surface area contributed by atoms with Gasteiger partial charge in [-0.25, -0.2) is 0 Å². The molecule has 0 aromatic rings. The van der Waals surface area contributed by atoms with E-state index in [4.69, 9.17) is 14.0 Å². The Kier molecular flexibility index (Phi) is 4.55. The smallest absolute Gasteiger partial charge is 0.325 e. The van der Waals surface area contributed by atoms with Crippen LogP contribution in [0.1, 0.15) is 20.3 Å². The van der Waals surface area contributed by atoms with Crippen molar-refractivity contribution in [2.45, 2.75) is 32.0 Å². The molecule has 1 rings (SSSR count). The van der Waals surface area contributed by atoms with Crippen molar-refractivity contribution in [2.24, 2.45) is 5.92 Å². The molecule has 1 heterocycles. The third-order valence-corrected chi connectivity index (χ3v) is 3.47. The molecular formula is C10H21O5P. The Morgan fingerprint density at radius 3 is 2.75 bits per heavy atom. The lowest BCUT2D eigenvalue weighted by Gasteiger charge is -2.43. The van der Waals surface area contributed by atoms with Gasteiger partial charge in [-0.2, -0.15) is 0 Å². The number of hydrogen-bond donors (Lipinski definition) is 1. The van der Waals surface area contributed by atoms with Gasteiger partial charge >= 0.3 is 7.60 Å². The molecule has 0 saturated carbocycles. The minimum Gasteiger partial charge on any atom is -0.382 e. The average molecular weight is 252 g/mol. The number of rotatable bonds is 4. The van der Waals surface area contributed by atoms with Gasteiger partial charge in [-0.05, 0) is 19.3 Å². The van der Waals surface area contributed by atoms with Gasteiger partial charge in [0.2, 0.25) is 0 Å². The van der Waals surface area contributed by atoms with Crippen molar-refractivity contribution >= 4 is 7.60 Å². The van der Waals surface area contributed by atoms with Crippen molar-refractivity contribution in [1.82, 2.24) is 0 Å². The van der Waals surface area contributed by atoms with Gasteiger partial charge in [-0.1, -0.05) is 6.92 Å². The van der Waals surface area contributed by atoms with Crippen molar-refractivity contribution in [3.05, 3.63) is 0 Å². The lowest BCUT2D eigenvalue weighted by Crippen LogP contribution is -2.51. The Balaban J connectivity index is 2.79. The van der Waals surface area contributed by atoms with E-state index >= 15 is 0 Å². The van der Waals surface area contributed by atoms with Crippen LogP contribution in [0.2, 0.25) is 0 Å². The fraction of sp³-hybridized carbons (Fsp3) is 1.00. The standard InChI is InChI=1S/C10H21O5P/c1-8-5-10(2,15-16(4,11)12)9(7-13-3)14-6-8/h8-9H,5-7H2,1-4H3,(H,11,12)/t8-,9+,10+/m0/s1. The highest BCUT2D eigenvalue weighted by Crippen LogP contribution is 2.47. The van der Waals surface area contributed by atoms with Gasteiger partial charge in [0.15, 0.2) is 0 Å². The average Bonchev–Trinajstić information content (AvgIpc) is 2.06. The highest BCUT2D eigenvalue weighted by Gasteiger charge is 2.44. The van der Waals surface area contributed by atoms with E-state index in [1.165, 1.54) is 6.66 Å². The second kappa shape index (κ2) is 5.15. The lowest BCUT2D eigenvalue weighted by molar-refractivity contribution is -0.159. The molecular weight excluding hydrogens is 231 g/mol. The summed E-state index contributed by atoms with van der Waals surface area (Å²) < 4.78 is 27.3. The van der Waals surface area contributed by atoms with Gasteiger partial charge in [0.1, 0.15) is 11.7 Å². The molecule has 1 aliphatic rings. The van der Waals surface area contributed by atoms with Crippen LogP contribution < -0.4 is 0 Å². The molecule has 1 unspecified atom stereocenters. The largest absolute Gasteiger partial charge is 0.382 e. The molecule has 1 saturated heterocycles. The Morgan fingerprint density at radius 1 is 1.62 bits per heavy atom. The Hall–Kier alpha value is 0.0700. The molecule has 1 N–H and O–H groups in total. The van der Waals surface area contributed by atoms with Crippen LogP contribution in [-0.4, -0.2) is 43.6 Å². The fourth-order valence-corrected chi connectivity index (χ4v) is 3.16. The predicted octanol–water partition coefficient (Wildman–Crippen LogP) is 1.65. The first-order chi connectivity index (χ1) is 7.27. The third kappa shape index (κ3) is 3.82. The summed E-state index contributed by atoms with van der Waals surface area (Å²) in [5.41, 5.74) is -0.757. The Bertz CT molecular complexity index is 276. The van der Waals surface area contributed by atoms with Crippen LogP contribution in [0.5, 0.6) is 0 Å². The maximum Gasteiger partial charge on any atom is 0.325 e. The predicted molar refractivity (Wildman–Crippen MR) is 60.6 cm³/mol. The highest BCUT2D eigenvalue weighted by molar-refractivity contribution is 7.51. The van der Waals surface area contributed by atoms with Crippen molar-refractivity contribution in [1.29, 1.82) is 0 Å². The van der Waals surface area contributed by atoms with E-state index in [-0.39, 0.29) is 6.10 Å². The van der Waals surface area contributed by atoms with Gasteiger partial charge < -0.3 is 14.4 Å². The molecule has 0 bridgehead atoms. The molecule has 1 aliphatic heterocycles. The van der Waals surface area contributed by atoms with Crippen LogP contribution in [0, 0.1) is 5.92 Å². The molecule has 0 aromatic heterocycles. The molecule has 0 spiro atoms. The zero-order chi connectivity index (χ0) is 12.4. The van der Waals surface area contributed by atoms with E-state index in [1.807, 2.05) is 6.92 Å².